The predicted molar refractivity (Wildman–Crippen MR) is 85.1 cm³/mol. The molecule has 1 aromatic carbocycles. The number of thiophene rings is 1. The monoisotopic (exact) mass is 385 g/mol. The second-order valence-electron chi connectivity index (χ2n) is 4.50. The molecule has 0 bridgehead atoms. The Balaban J connectivity index is 1.84. The van der Waals surface area contributed by atoms with E-state index >= 15 is 0 Å². The van der Waals surface area contributed by atoms with Gasteiger partial charge in [0.1, 0.15) is 10.7 Å². The maximum Gasteiger partial charge on any atom is 0.349 e. The summed E-state index contributed by atoms with van der Waals surface area (Å²) >= 11 is 4.49. The number of hydrogen-bond donors (Lipinski definition) is 1. The SMILES string of the molecule is CC(OC(=O)c1ccc(Br)s1)C(=O)NCc1ccc(F)cc1. The van der Waals surface area contributed by atoms with E-state index in [0.717, 1.165) is 9.35 Å². The van der Waals surface area contributed by atoms with Crippen LogP contribution in [0.15, 0.2) is 40.2 Å². The molecular formula is C15H13BrFNO3S. The third-order valence-corrected chi connectivity index (χ3v) is 4.41. The molecule has 4 nitrogen and oxygen atoms in total. The predicted octanol–water partition coefficient (Wildman–Crippen LogP) is 3.51. The van der Waals surface area contributed by atoms with Gasteiger partial charge in [-0.05, 0) is 52.7 Å². The molecule has 22 heavy (non-hydrogen) atoms. The van der Waals surface area contributed by atoms with Crippen LogP contribution in [0, 0.1) is 5.82 Å². The zero-order valence-corrected chi connectivity index (χ0v) is 14.0. The zero-order chi connectivity index (χ0) is 16.1. The van der Waals surface area contributed by atoms with Crippen LogP contribution < -0.4 is 5.32 Å². The van der Waals surface area contributed by atoms with Crippen molar-refractivity contribution < 1.29 is 18.7 Å². The number of benzene rings is 1. The second-order valence-corrected chi connectivity index (χ2v) is 6.96. The van der Waals surface area contributed by atoms with E-state index in [1.54, 1.807) is 24.3 Å². The van der Waals surface area contributed by atoms with E-state index < -0.39 is 18.0 Å². The van der Waals surface area contributed by atoms with E-state index in [1.165, 1.54) is 30.4 Å². The molecule has 0 aliphatic heterocycles. The van der Waals surface area contributed by atoms with Gasteiger partial charge in [0, 0.05) is 6.54 Å². The van der Waals surface area contributed by atoms with E-state index in [-0.39, 0.29) is 12.4 Å². The van der Waals surface area contributed by atoms with Gasteiger partial charge < -0.3 is 10.1 Å². The highest BCUT2D eigenvalue weighted by Gasteiger charge is 2.19. The molecule has 0 saturated carbocycles. The first-order valence-electron chi connectivity index (χ1n) is 6.44. The van der Waals surface area contributed by atoms with Crippen molar-refractivity contribution in [2.45, 2.75) is 19.6 Å². The molecule has 1 unspecified atom stereocenters. The number of carbonyl (C=O) groups is 2. The minimum absolute atomic E-state index is 0.242. The molecule has 116 valence electrons. The van der Waals surface area contributed by atoms with Crippen LogP contribution in [0.25, 0.3) is 0 Å². The van der Waals surface area contributed by atoms with Crippen molar-refractivity contribution in [2.75, 3.05) is 0 Å². The molecule has 0 aliphatic rings. The summed E-state index contributed by atoms with van der Waals surface area (Å²) in [5.74, 6) is -1.28. The molecule has 0 fully saturated rings. The molecule has 7 heteroatoms. The first kappa shape index (κ1) is 16.6. The minimum Gasteiger partial charge on any atom is -0.448 e. The molecule has 2 rings (SSSR count). The Morgan fingerprint density at radius 1 is 1.27 bits per heavy atom. The summed E-state index contributed by atoms with van der Waals surface area (Å²) < 4.78 is 18.7. The maximum absolute atomic E-state index is 12.8. The number of ether oxygens (including phenoxy) is 1. The van der Waals surface area contributed by atoms with Gasteiger partial charge in [-0.2, -0.15) is 0 Å². The number of hydrogen-bond acceptors (Lipinski definition) is 4. The minimum atomic E-state index is -0.908. The maximum atomic E-state index is 12.8. The summed E-state index contributed by atoms with van der Waals surface area (Å²) in [5, 5.41) is 2.64. The molecule has 0 saturated heterocycles. The number of rotatable bonds is 5. The third kappa shape index (κ3) is 4.64. The van der Waals surface area contributed by atoms with Crippen molar-refractivity contribution >= 4 is 39.1 Å². The van der Waals surface area contributed by atoms with Crippen molar-refractivity contribution in [2.24, 2.45) is 0 Å². The van der Waals surface area contributed by atoms with Crippen LogP contribution in [0.1, 0.15) is 22.2 Å². The molecule has 0 spiro atoms. The fourth-order valence-electron chi connectivity index (χ4n) is 1.63. The molecular weight excluding hydrogens is 373 g/mol. The highest BCUT2D eigenvalue weighted by Crippen LogP contribution is 2.23. The van der Waals surface area contributed by atoms with Crippen LogP contribution in [0.5, 0.6) is 0 Å². The van der Waals surface area contributed by atoms with Crippen LogP contribution in [-0.2, 0) is 16.1 Å². The van der Waals surface area contributed by atoms with Gasteiger partial charge in [-0.25, -0.2) is 9.18 Å². The van der Waals surface area contributed by atoms with Crippen molar-refractivity contribution in [1.29, 1.82) is 0 Å². The topological polar surface area (TPSA) is 55.4 Å². The highest BCUT2D eigenvalue weighted by atomic mass is 79.9. The van der Waals surface area contributed by atoms with Crippen molar-refractivity contribution in [3.8, 4) is 0 Å². The third-order valence-electron chi connectivity index (χ3n) is 2.81. The number of nitrogens with one attached hydrogen (secondary N) is 1. The summed E-state index contributed by atoms with van der Waals surface area (Å²) in [6.07, 6.45) is -0.908. The van der Waals surface area contributed by atoms with E-state index in [1.807, 2.05) is 0 Å². The van der Waals surface area contributed by atoms with Gasteiger partial charge in [0.25, 0.3) is 5.91 Å². The van der Waals surface area contributed by atoms with Gasteiger partial charge in [0.05, 0.1) is 3.79 Å². The zero-order valence-electron chi connectivity index (χ0n) is 11.6. The van der Waals surface area contributed by atoms with E-state index in [2.05, 4.69) is 21.2 Å². The molecule has 1 heterocycles. The quantitative estimate of drug-likeness (QED) is 0.801. The number of carbonyl (C=O) groups excluding carboxylic acids is 2. The van der Waals surface area contributed by atoms with Crippen LogP contribution in [-0.4, -0.2) is 18.0 Å². The van der Waals surface area contributed by atoms with E-state index in [9.17, 15) is 14.0 Å². The average Bonchev–Trinajstić information content (AvgIpc) is 2.93. The first-order valence-corrected chi connectivity index (χ1v) is 8.05. The smallest absolute Gasteiger partial charge is 0.349 e. The molecule has 0 radical (unpaired) electrons. The normalized spacial score (nSPS) is 11.8. The summed E-state index contributed by atoms with van der Waals surface area (Å²) in [5.41, 5.74) is 0.760. The summed E-state index contributed by atoms with van der Waals surface area (Å²) in [6, 6.07) is 9.16. The van der Waals surface area contributed by atoms with E-state index in [0.29, 0.717) is 4.88 Å². The number of halogens is 2. The lowest BCUT2D eigenvalue weighted by molar-refractivity contribution is -0.129. The summed E-state index contributed by atoms with van der Waals surface area (Å²) in [6.45, 7) is 1.74. The Kier molecular flexibility index (Phi) is 5.68. The Morgan fingerprint density at radius 2 is 1.95 bits per heavy atom. The standard InChI is InChI=1S/C15H13BrFNO3S/c1-9(21-15(20)12-6-7-13(16)22-12)14(19)18-8-10-2-4-11(17)5-3-10/h2-7,9H,8H2,1H3,(H,18,19). The van der Waals surface area contributed by atoms with Gasteiger partial charge in [-0.1, -0.05) is 12.1 Å². The van der Waals surface area contributed by atoms with Gasteiger partial charge in [-0.15, -0.1) is 11.3 Å². The van der Waals surface area contributed by atoms with Gasteiger partial charge >= 0.3 is 5.97 Å². The summed E-state index contributed by atoms with van der Waals surface area (Å²) in [4.78, 5) is 24.1. The average molecular weight is 386 g/mol. The van der Waals surface area contributed by atoms with Crippen molar-refractivity contribution in [3.05, 3.63) is 56.4 Å². The fraction of sp³-hybridized carbons (Fsp3) is 0.200. The molecule has 0 aliphatic carbocycles. The van der Waals surface area contributed by atoms with Crippen LogP contribution >= 0.6 is 27.3 Å². The van der Waals surface area contributed by atoms with Gasteiger partial charge in [0.15, 0.2) is 6.10 Å². The highest BCUT2D eigenvalue weighted by molar-refractivity contribution is 9.11. The Morgan fingerprint density at radius 3 is 2.55 bits per heavy atom. The Hall–Kier alpha value is -1.73. The molecule has 1 amide bonds. The van der Waals surface area contributed by atoms with Gasteiger partial charge in [0.2, 0.25) is 0 Å². The molecule has 1 atom stereocenters. The van der Waals surface area contributed by atoms with Crippen LogP contribution in [0.4, 0.5) is 4.39 Å². The lowest BCUT2D eigenvalue weighted by Crippen LogP contribution is -2.35. The van der Waals surface area contributed by atoms with Crippen LogP contribution in [0.2, 0.25) is 0 Å². The lowest BCUT2D eigenvalue weighted by atomic mass is 10.2. The van der Waals surface area contributed by atoms with Gasteiger partial charge in [-0.3, -0.25) is 4.79 Å². The van der Waals surface area contributed by atoms with Crippen molar-refractivity contribution in [1.82, 2.24) is 5.32 Å². The number of esters is 1. The number of amides is 1. The molecule has 1 aromatic heterocycles. The van der Waals surface area contributed by atoms with Crippen molar-refractivity contribution in [3.63, 3.8) is 0 Å². The fourth-order valence-corrected chi connectivity index (χ4v) is 2.90. The summed E-state index contributed by atoms with van der Waals surface area (Å²) in [7, 11) is 0. The molecule has 2 aromatic rings. The largest absolute Gasteiger partial charge is 0.448 e. The molecule has 1 N–H and O–H groups in total. The second kappa shape index (κ2) is 7.51. The first-order chi connectivity index (χ1) is 10.5. The Bertz CT molecular complexity index is 672. The lowest BCUT2D eigenvalue weighted by Gasteiger charge is -2.13. The van der Waals surface area contributed by atoms with Crippen LogP contribution in [0.3, 0.4) is 0 Å². The van der Waals surface area contributed by atoms with E-state index in [4.69, 9.17) is 4.74 Å². The Labute approximate surface area is 139 Å².